The molecule has 2 atom stereocenters. The Bertz CT molecular complexity index is 191. The highest BCUT2D eigenvalue weighted by Gasteiger charge is 2.30. The molecule has 0 aromatic carbocycles. The number of rotatable bonds is 0. The number of ketones is 1. The van der Waals surface area contributed by atoms with Gasteiger partial charge in [-0.1, -0.05) is 0 Å². The molecule has 0 aromatic rings. The molecule has 0 radical (unpaired) electrons. The maximum atomic E-state index is 11.7. The van der Waals surface area contributed by atoms with Crippen molar-refractivity contribution in [3.05, 3.63) is 0 Å². The van der Waals surface area contributed by atoms with Gasteiger partial charge in [-0.25, -0.2) is 0 Å². The molecular weight excluding hydrogens is 166 g/mol. The predicted molar refractivity (Wildman–Crippen MR) is 49.6 cm³/mol. The Hall–Kier alpha value is -0.410. The summed E-state index contributed by atoms with van der Waals surface area (Å²) in [4.78, 5) is 11.7. The predicted octanol–water partition coefficient (Wildman–Crippen LogP) is 0.734. The van der Waals surface area contributed by atoms with E-state index in [4.69, 9.17) is 4.74 Å². The van der Waals surface area contributed by atoms with Crippen LogP contribution >= 0.6 is 0 Å². The van der Waals surface area contributed by atoms with Gasteiger partial charge in [-0.3, -0.25) is 4.79 Å². The van der Waals surface area contributed by atoms with Gasteiger partial charge in [0.25, 0.3) is 0 Å². The first-order valence-corrected chi connectivity index (χ1v) is 5.22. The van der Waals surface area contributed by atoms with Crippen LogP contribution in [0.3, 0.4) is 0 Å². The molecule has 0 amide bonds. The molecule has 13 heavy (non-hydrogen) atoms. The number of hydrogen-bond donors (Lipinski definition) is 1. The van der Waals surface area contributed by atoms with Crippen molar-refractivity contribution >= 4 is 5.78 Å². The molecule has 74 valence electrons. The minimum atomic E-state index is 0.227. The summed E-state index contributed by atoms with van der Waals surface area (Å²) in [6.45, 7) is 2.56. The maximum Gasteiger partial charge on any atom is 0.137 e. The Morgan fingerprint density at radius 2 is 2.15 bits per heavy atom. The van der Waals surface area contributed by atoms with Crippen molar-refractivity contribution < 1.29 is 9.53 Å². The average Bonchev–Trinajstić information content (AvgIpc) is 2.43. The van der Waals surface area contributed by atoms with Crippen molar-refractivity contribution in [1.29, 1.82) is 0 Å². The van der Waals surface area contributed by atoms with Gasteiger partial charge < -0.3 is 10.1 Å². The van der Waals surface area contributed by atoms with Gasteiger partial charge in [-0.2, -0.15) is 0 Å². The Morgan fingerprint density at radius 3 is 3.08 bits per heavy atom. The molecule has 3 heteroatoms. The normalized spacial score (nSPS) is 36.2. The Kier molecular flexibility index (Phi) is 2.96. The van der Waals surface area contributed by atoms with Crippen LogP contribution in [0.25, 0.3) is 0 Å². The summed E-state index contributed by atoms with van der Waals surface area (Å²) >= 11 is 0. The van der Waals surface area contributed by atoms with E-state index in [1.165, 1.54) is 0 Å². The summed E-state index contributed by atoms with van der Waals surface area (Å²) in [6.07, 6.45) is 3.67. The van der Waals surface area contributed by atoms with Crippen LogP contribution < -0.4 is 5.32 Å². The number of nitrogens with one attached hydrogen (secondary N) is 1. The van der Waals surface area contributed by atoms with E-state index in [2.05, 4.69) is 5.32 Å². The Balaban J connectivity index is 2.07. The molecule has 2 aliphatic rings. The lowest BCUT2D eigenvalue weighted by atomic mass is 9.90. The number of ether oxygens (including phenoxy) is 1. The number of carbonyl (C=O) groups excluding carboxylic acids is 1. The number of Topliss-reactive ketones (excluding diaryl/α,β-unsaturated/α-hetero) is 1. The van der Waals surface area contributed by atoms with Crippen molar-refractivity contribution in [3.63, 3.8) is 0 Å². The summed E-state index contributed by atoms with van der Waals surface area (Å²) in [5.41, 5.74) is 0. The highest BCUT2D eigenvalue weighted by Crippen LogP contribution is 2.21. The van der Waals surface area contributed by atoms with Crippen molar-refractivity contribution in [2.75, 3.05) is 19.8 Å². The third-order valence-corrected chi connectivity index (χ3v) is 3.05. The van der Waals surface area contributed by atoms with Crippen LogP contribution in [0.1, 0.15) is 25.7 Å². The maximum absolute atomic E-state index is 11.7. The molecule has 1 N–H and O–H groups in total. The summed E-state index contributed by atoms with van der Waals surface area (Å²) in [5, 5.41) is 3.45. The summed E-state index contributed by atoms with van der Waals surface area (Å²) < 4.78 is 5.38. The fourth-order valence-electron chi connectivity index (χ4n) is 2.29. The van der Waals surface area contributed by atoms with Crippen LogP contribution in [-0.2, 0) is 9.53 Å². The third-order valence-electron chi connectivity index (χ3n) is 3.05. The smallest absolute Gasteiger partial charge is 0.137 e. The van der Waals surface area contributed by atoms with E-state index in [0.29, 0.717) is 11.8 Å². The van der Waals surface area contributed by atoms with Crippen LogP contribution in [0.5, 0.6) is 0 Å². The van der Waals surface area contributed by atoms with E-state index in [1.54, 1.807) is 0 Å². The standard InChI is InChI=1S/C10H17NO2/c12-10-2-1-5-11-9-4-7-13-6-3-8(9)10/h8-9,11H,1-7H2. The molecule has 0 aromatic heterocycles. The van der Waals surface area contributed by atoms with Crippen molar-refractivity contribution in [3.8, 4) is 0 Å². The zero-order valence-electron chi connectivity index (χ0n) is 7.92. The van der Waals surface area contributed by atoms with E-state index in [0.717, 1.165) is 45.4 Å². The lowest BCUT2D eigenvalue weighted by Gasteiger charge is -2.20. The number of carbonyl (C=O) groups is 1. The summed E-state index contributed by atoms with van der Waals surface area (Å²) in [5.74, 6) is 0.672. The van der Waals surface area contributed by atoms with Crippen LogP contribution in [0, 0.1) is 5.92 Å². The molecular formula is C10H17NO2. The van der Waals surface area contributed by atoms with Gasteiger partial charge >= 0.3 is 0 Å². The molecule has 2 unspecified atom stereocenters. The van der Waals surface area contributed by atoms with E-state index >= 15 is 0 Å². The van der Waals surface area contributed by atoms with Gasteiger partial charge in [0.2, 0.25) is 0 Å². The Labute approximate surface area is 78.8 Å². The molecule has 2 saturated heterocycles. The van der Waals surface area contributed by atoms with Crippen LogP contribution in [0.2, 0.25) is 0 Å². The molecule has 2 rings (SSSR count). The molecule has 2 heterocycles. The molecule has 2 fully saturated rings. The quantitative estimate of drug-likeness (QED) is 0.602. The van der Waals surface area contributed by atoms with Crippen molar-refractivity contribution in [2.45, 2.75) is 31.7 Å². The lowest BCUT2D eigenvalue weighted by molar-refractivity contribution is -0.123. The average molecular weight is 183 g/mol. The summed E-state index contributed by atoms with van der Waals surface area (Å²) in [6, 6.07) is 0.387. The van der Waals surface area contributed by atoms with E-state index < -0.39 is 0 Å². The van der Waals surface area contributed by atoms with Gasteiger partial charge in [0.15, 0.2) is 0 Å². The highest BCUT2D eigenvalue weighted by atomic mass is 16.5. The van der Waals surface area contributed by atoms with E-state index in [1.807, 2.05) is 0 Å². The SMILES string of the molecule is O=C1CCCNC2CCOCCC12. The molecule has 0 spiro atoms. The van der Waals surface area contributed by atoms with Gasteiger partial charge in [0.05, 0.1) is 0 Å². The first kappa shape index (κ1) is 9.16. The Morgan fingerprint density at radius 1 is 1.31 bits per heavy atom. The molecule has 0 aliphatic carbocycles. The van der Waals surface area contributed by atoms with E-state index in [-0.39, 0.29) is 5.92 Å². The first-order valence-electron chi connectivity index (χ1n) is 5.22. The first-order chi connectivity index (χ1) is 6.38. The molecule has 2 aliphatic heterocycles. The second kappa shape index (κ2) is 4.20. The number of fused-ring (bicyclic) bond motifs is 1. The second-order valence-corrected chi connectivity index (χ2v) is 3.93. The van der Waals surface area contributed by atoms with E-state index in [9.17, 15) is 4.79 Å². The minimum Gasteiger partial charge on any atom is -0.381 e. The van der Waals surface area contributed by atoms with Crippen molar-refractivity contribution in [1.82, 2.24) is 5.32 Å². The largest absolute Gasteiger partial charge is 0.381 e. The zero-order chi connectivity index (χ0) is 9.10. The topological polar surface area (TPSA) is 38.3 Å². The highest BCUT2D eigenvalue weighted by molar-refractivity contribution is 5.82. The van der Waals surface area contributed by atoms with Crippen molar-refractivity contribution in [2.24, 2.45) is 5.92 Å². The number of hydrogen-bond acceptors (Lipinski definition) is 3. The monoisotopic (exact) mass is 183 g/mol. The van der Waals surface area contributed by atoms with Gasteiger partial charge in [-0.15, -0.1) is 0 Å². The molecule has 0 saturated carbocycles. The van der Waals surface area contributed by atoms with Gasteiger partial charge in [-0.05, 0) is 25.8 Å². The zero-order valence-corrected chi connectivity index (χ0v) is 7.92. The fraction of sp³-hybridized carbons (Fsp3) is 0.900. The van der Waals surface area contributed by atoms with Crippen LogP contribution in [0.4, 0.5) is 0 Å². The lowest BCUT2D eigenvalue weighted by Crippen LogP contribution is -2.37. The second-order valence-electron chi connectivity index (χ2n) is 3.93. The van der Waals surface area contributed by atoms with Crippen LogP contribution in [-0.4, -0.2) is 31.6 Å². The molecule has 3 nitrogen and oxygen atoms in total. The van der Waals surface area contributed by atoms with Gasteiger partial charge in [0.1, 0.15) is 5.78 Å². The van der Waals surface area contributed by atoms with Gasteiger partial charge in [0, 0.05) is 31.6 Å². The van der Waals surface area contributed by atoms with Crippen LogP contribution in [0.15, 0.2) is 0 Å². The molecule has 0 bridgehead atoms. The summed E-state index contributed by atoms with van der Waals surface area (Å²) in [7, 11) is 0. The minimum absolute atomic E-state index is 0.227. The fourth-order valence-corrected chi connectivity index (χ4v) is 2.29. The third kappa shape index (κ3) is 2.09.